The number of ether oxygens (including phenoxy) is 1. The second kappa shape index (κ2) is 2.51. The molecule has 1 aliphatic rings. The fourth-order valence-electron chi connectivity index (χ4n) is 1.17. The van der Waals surface area contributed by atoms with Crippen LogP contribution in [0.4, 0.5) is 0 Å². The van der Waals surface area contributed by atoms with Crippen LogP contribution in [0.15, 0.2) is 11.3 Å². The third-order valence-corrected chi connectivity index (χ3v) is 2.36. The van der Waals surface area contributed by atoms with E-state index in [1.807, 2.05) is 20.8 Å². The van der Waals surface area contributed by atoms with Gasteiger partial charge in [-0.25, -0.2) is 0 Å². The van der Waals surface area contributed by atoms with Gasteiger partial charge in [0.15, 0.2) is 5.72 Å². The Hall–Kier alpha value is -0.990. The van der Waals surface area contributed by atoms with Crippen LogP contribution in [0.1, 0.15) is 27.7 Å². The molecule has 0 radical (unpaired) electrons. The fraction of sp³-hybridized carbons (Fsp3) is 0.667. The maximum Gasteiger partial charge on any atom is 0.255 e. The van der Waals surface area contributed by atoms with Crippen LogP contribution >= 0.6 is 0 Å². The molecule has 68 valence electrons. The Labute approximate surface area is 73.0 Å². The van der Waals surface area contributed by atoms with Crippen LogP contribution in [0.5, 0.6) is 0 Å². The number of likely N-dealkylation sites (N-methyl/N-ethyl adjacent to an activating group) is 1. The molecule has 0 aromatic heterocycles. The van der Waals surface area contributed by atoms with Crippen molar-refractivity contribution in [1.29, 1.82) is 0 Å². The summed E-state index contributed by atoms with van der Waals surface area (Å²) in [7, 11) is 1.75. The lowest BCUT2D eigenvalue weighted by molar-refractivity contribution is -0.155. The molecule has 1 aliphatic heterocycles. The molecule has 0 N–H and O–H groups in total. The SMILES string of the molecule is CC1=C(C)C(=O)N(C)C(C)(C)O1. The van der Waals surface area contributed by atoms with E-state index in [9.17, 15) is 4.79 Å². The van der Waals surface area contributed by atoms with E-state index in [4.69, 9.17) is 4.74 Å². The van der Waals surface area contributed by atoms with Crippen molar-refractivity contribution in [2.24, 2.45) is 0 Å². The summed E-state index contributed by atoms with van der Waals surface area (Å²) in [5, 5.41) is 0. The van der Waals surface area contributed by atoms with Gasteiger partial charge in [-0.3, -0.25) is 4.79 Å². The molecule has 0 atom stereocenters. The number of nitrogens with zero attached hydrogens (tertiary/aromatic N) is 1. The van der Waals surface area contributed by atoms with Gasteiger partial charge in [0, 0.05) is 7.05 Å². The molecule has 12 heavy (non-hydrogen) atoms. The summed E-state index contributed by atoms with van der Waals surface area (Å²) in [5.74, 6) is 0.770. The molecule has 0 bridgehead atoms. The first kappa shape index (κ1) is 9.10. The number of hydrogen-bond acceptors (Lipinski definition) is 2. The monoisotopic (exact) mass is 169 g/mol. The van der Waals surface area contributed by atoms with Gasteiger partial charge in [-0.05, 0) is 27.7 Å². The Balaban J connectivity index is 3.08. The van der Waals surface area contributed by atoms with Crippen LogP contribution in [0, 0.1) is 0 Å². The third kappa shape index (κ3) is 1.19. The lowest BCUT2D eigenvalue weighted by atomic mass is 10.1. The quantitative estimate of drug-likeness (QED) is 0.550. The summed E-state index contributed by atoms with van der Waals surface area (Å²) in [6.45, 7) is 7.35. The van der Waals surface area contributed by atoms with Crippen molar-refractivity contribution in [3.8, 4) is 0 Å². The van der Waals surface area contributed by atoms with Gasteiger partial charge in [0.05, 0.1) is 5.57 Å². The van der Waals surface area contributed by atoms with Gasteiger partial charge in [0.25, 0.3) is 5.91 Å². The first-order valence-corrected chi connectivity index (χ1v) is 4.01. The number of amides is 1. The molecule has 0 aliphatic carbocycles. The fourth-order valence-corrected chi connectivity index (χ4v) is 1.17. The van der Waals surface area contributed by atoms with E-state index in [0.29, 0.717) is 5.57 Å². The minimum Gasteiger partial charge on any atom is -0.473 e. The molecule has 0 fully saturated rings. The van der Waals surface area contributed by atoms with Crippen LogP contribution in [0.2, 0.25) is 0 Å². The Morgan fingerprint density at radius 1 is 1.33 bits per heavy atom. The van der Waals surface area contributed by atoms with E-state index < -0.39 is 5.72 Å². The average Bonchev–Trinajstić information content (AvgIpc) is 1.97. The van der Waals surface area contributed by atoms with Crippen LogP contribution in [-0.2, 0) is 9.53 Å². The number of carbonyl (C=O) groups excluding carboxylic acids is 1. The van der Waals surface area contributed by atoms with Gasteiger partial charge in [0.2, 0.25) is 0 Å². The zero-order valence-corrected chi connectivity index (χ0v) is 8.26. The molecule has 1 rings (SSSR count). The zero-order chi connectivity index (χ0) is 9.52. The maximum atomic E-state index is 11.5. The van der Waals surface area contributed by atoms with Crippen molar-refractivity contribution in [3.05, 3.63) is 11.3 Å². The van der Waals surface area contributed by atoms with Crippen molar-refractivity contribution < 1.29 is 9.53 Å². The number of hydrogen-bond donors (Lipinski definition) is 0. The third-order valence-electron chi connectivity index (χ3n) is 2.36. The summed E-state index contributed by atoms with van der Waals surface area (Å²) in [6.07, 6.45) is 0. The highest BCUT2D eigenvalue weighted by Gasteiger charge is 2.35. The molecule has 1 heterocycles. The van der Waals surface area contributed by atoms with Crippen LogP contribution in [-0.4, -0.2) is 23.6 Å². The minimum atomic E-state index is -0.513. The molecule has 0 unspecified atom stereocenters. The molecule has 1 amide bonds. The number of carbonyl (C=O) groups is 1. The zero-order valence-electron chi connectivity index (χ0n) is 8.26. The summed E-state index contributed by atoms with van der Waals surface area (Å²) in [6, 6.07) is 0. The highest BCUT2D eigenvalue weighted by atomic mass is 16.5. The highest BCUT2D eigenvalue weighted by Crippen LogP contribution is 2.27. The predicted octanol–water partition coefficient (Wildman–Crippen LogP) is 1.51. The second-order valence-electron chi connectivity index (χ2n) is 3.59. The van der Waals surface area contributed by atoms with Gasteiger partial charge in [0.1, 0.15) is 5.76 Å². The molecular formula is C9H15NO2. The second-order valence-corrected chi connectivity index (χ2v) is 3.59. The van der Waals surface area contributed by atoms with Gasteiger partial charge in [-0.2, -0.15) is 0 Å². The Kier molecular flexibility index (Phi) is 1.90. The molecule has 0 saturated carbocycles. The van der Waals surface area contributed by atoms with Crippen LogP contribution < -0.4 is 0 Å². The van der Waals surface area contributed by atoms with E-state index in [1.54, 1.807) is 18.9 Å². The van der Waals surface area contributed by atoms with Gasteiger partial charge < -0.3 is 9.64 Å². The largest absolute Gasteiger partial charge is 0.473 e. The normalized spacial score (nSPS) is 22.8. The molecule has 0 aromatic rings. The van der Waals surface area contributed by atoms with Crippen molar-refractivity contribution in [3.63, 3.8) is 0 Å². The Morgan fingerprint density at radius 3 is 2.33 bits per heavy atom. The van der Waals surface area contributed by atoms with Crippen molar-refractivity contribution in [2.75, 3.05) is 7.05 Å². The van der Waals surface area contributed by atoms with E-state index in [2.05, 4.69) is 0 Å². The highest BCUT2D eigenvalue weighted by molar-refractivity contribution is 5.94. The summed E-state index contributed by atoms with van der Waals surface area (Å²) >= 11 is 0. The molecule has 3 heteroatoms. The molecule has 0 saturated heterocycles. The standard InChI is InChI=1S/C9H15NO2/c1-6-7(2)12-9(3,4)10(5)8(6)11/h1-5H3. The van der Waals surface area contributed by atoms with Crippen LogP contribution in [0.3, 0.4) is 0 Å². The average molecular weight is 169 g/mol. The molecule has 0 spiro atoms. The van der Waals surface area contributed by atoms with E-state index in [-0.39, 0.29) is 5.91 Å². The molecule has 3 nitrogen and oxygen atoms in total. The number of rotatable bonds is 0. The van der Waals surface area contributed by atoms with E-state index in [1.165, 1.54) is 0 Å². The van der Waals surface area contributed by atoms with E-state index in [0.717, 1.165) is 5.76 Å². The Morgan fingerprint density at radius 2 is 1.83 bits per heavy atom. The molecular weight excluding hydrogens is 154 g/mol. The molecule has 0 aromatic carbocycles. The first-order valence-electron chi connectivity index (χ1n) is 4.01. The van der Waals surface area contributed by atoms with Crippen molar-refractivity contribution in [1.82, 2.24) is 4.90 Å². The van der Waals surface area contributed by atoms with Crippen molar-refractivity contribution in [2.45, 2.75) is 33.4 Å². The Bertz CT molecular complexity index is 253. The summed E-state index contributed by atoms with van der Waals surface area (Å²) < 4.78 is 5.55. The van der Waals surface area contributed by atoms with Crippen LogP contribution in [0.25, 0.3) is 0 Å². The minimum absolute atomic E-state index is 0.0451. The van der Waals surface area contributed by atoms with Gasteiger partial charge >= 0.3 is 0 Å². The summed E-state index contributed by atoms with van der Waals surface area (Å²) in [4.78, 5) is 13.1. The van der Waals surface area contributed by atoms with E-state index >= 15 is 0 Å². The summed E-state index contributed by atoms with van der Waals surface area (Å²) in [5.41, 5.74) is 0.178. The first-order chi connectivity index (χ1) is 5.36. The maximum absolute atomic E-state index is 11.5. The predicted molar refractivity (Wildman–Crippen MR) is 46.3 cm³/mol. The van der Waals surface area contributed by atoms with Gasteiger partial charge in [-0.1, -0.05) is 0 Å². The van der Waals surface area contributed by atoms with Crippen molar-refractivity contribution >= 4 is 5.91 Å². The lowest BCUT2D eigenvalue weighted by Crippen LogP contribution is -2.50. The van der Waals surface area contributed by atoms with Gasteiger partial charge in [-0.15, -0.1) is 0 Å². The smallest absolute Gasteiger partial charge is 0.255 e. The number of allylic oxidation sites excluding steroid dienone is 1. The lowest BCUT2D eigenvalue weighted by Gasteiger charge is -2.40. The topological polar surface area (TPSA) is 29.5 Å².